The lowest BCUT2D eigenvalue weighted by atomic mass is 10.2. The topological polar surface area (TPSA) is 17.1 Å². The monoisotopic (exact) mass is 274 g/mol. The Morgan fingerprint density at radius 3 is 2.72 bits per heavy atom. The van der Waals surface area contributed by atoms with Gasteiger partial charge in [0.15, 0.2) is 5.12 Å². The van der Waals surface area contributed by atoms with E-state index in [9.17, 15) is 4.79 Å². The Hall–Kier alpha value is -1.32. The molecule has 0 bridgehead atoms. The first-order chi connectivity index (χ1) is 8.75. The van der Waals surface area contributed by atoms with Gasteiger partial charge in [0, 0.05) is 22.4 Å². The lowest BCUT2D eigenvalue weighted by Crippen LogP contribution is -1.80. The molecule has 2 aromatic rings. The summed E-state index contributed by atoms with van der Waals surface area (Å²) in [5.74, 6) is 0.744. The van der Waals surface area contributed by atoms with E-state index in [1.165, 1.54) is 27.1 Å². The summed E-state index contributed by atoms with van der Waals surface area (Å²) >= 11 is 3.10. The summed E-state index contributed by atoms with van der Waals surface area (Å²) in [6.07, 6.45) is 4.11. The van der Waals surface area contributed by atoms with Crippen molar-refractivity contribution in [3.63, 3.8) is 0 Å². The van der Waals surface area contributed by atoms with E-state index in [0.717, 1.165) is 5.75 Å². The van der Waals surface area contributed by atoms with E-state index >= 15 is 0 Å². The molecule has 0 spiro atoms. The second-order valence-electron chi connectivity index (χ2n) is 3.77. The van der Waals surface area contributed by atoms with Crippen LogP contribution >= 0.6 is 23.1 Å². The van der Waals surface area contributed by atoms with Crippen molar-refractivity contribution < 1.29 is 4.79 Å². The van der Waals surface area contributed by atoms with Gasteiger partial charge in [-0.2, -0.15) is 0 Å². The van der Waals surface area contributed by atoms with Crippen LogP contribution in [0.5, 0.6) is 0 Å². The van der Waals surface area contributed by atoms with Crippen LogP contribution in [0.4, 0.5) is 0 Å². The van der Waals surface area contributed by atoms with Crippen LogP contribution in [0.25, 0.3) is 16.5 Å². The van der Waals surface area contributed by atoms with Crippen molar-refractivity contribution >= 4 is 34.3 Å². The molecule has 0 aliphatic rings. The molecular formula is C15H14OS2. The lowest BCUT2D eigenvalue weighted by molar-refractivity contribution is -0.109. The van der Waals surface area contributed by atoms with E-state index in [0.29, 0.717) is 0 Å². The second-order valence-corrected chi connectivity index (χ2v) is 6.09. The molecule has 2 rings (SSSR count). The van der Waals surface area contributed by atoms with Crippen LogP contribution in [-0.4, -0.2) is 10.9 Å². The number of thioether (sulfide) groups is 1. The molecular weight excluding hydrogens is 260 g/mol. The van der Waals surface area contributed by atoms with E-state index < -0.39 is 0 Å². The third-order valence-electron chi connectivity index (χ3n) is 2.35. The maximum Gasteiger partial charge on any atom is 0.186 e. The molecule has 3 heteroatoms. The zero-order valence-corrected chi connectivity index (χ0v) is 11.8. The van der Waals surface area contributed by atoms with Crippen molar-refractivity contribution in [3.05, 3.63) is 53.4 Å². The van der Waals surface area contributed by atoms with Gasteiger partial charge < -0.3 is 0 Å². The zero-order valence-electron chi connectivity index (χ0n) is 10.1. The summed E-state index contributed by atoms with van der Waals surface area (Å²) in [7, 11) is 0. The van der Waals surface area contributed by atoms with Crippen molar-refractivity contribution in [2.45, 2.75) is 6.92 Å². The minimum Gasteiger partial charge on any atom is -0.288 e. The Balaban J connectivity index is 2.00. The third-order valence-corrected chi connectivity index (χ3v) is 4.22. The molecule has 92 valence electrons. The molecule has 1 nitrogen and oxygen atoms in total. The van der Waals surface area contributed by atoms with Gasteiger partial charge in [-0.25, -0.2) is 0 Å². The van der Waals surface area contributed by atoms with Crippen molar-refractivity contribution in [1.82, 2.24) is 0 Å². The molecule has 0 radical (unpaired) electrons. The number of hydrogen-bond donors (Lipinski definition) is 0. The fourth-order valence-electron chi connectivity index (χ4n) is 1.53. The molecule has 1 heterocycles. The largest absolute Gasteiger partial charge is 0.288 e. The van der Waals surface area contributed by atoms with Crippen LogP contribution in [0.15, 0.2) is 48.5 Å². The summed E-state index contributed by atoms with van der Waals surface area (Å²) in [4.78, 5) is 13.3. The van der Waals surface area contributed by atoms with Gasteiger partial charge in [-0.1, -0.05) is 48.2 Å². The fraction of sp³-hybridized carbons (Fsp3) is 0.133. The summed E-state index contributed by atoms with van der Waals surface area (Å²) < 4.78 is 0. The van der Waals surface area contributed by atoms with Gasteiger partial charge in [-0.05, 0) is 23.8 Å². The number of benzene rings is 1. The Kier molecular flexibility index (Phi) is 4.79. The van der Waals surface area contributed by atoms with Crippen molar-refractivity contribution in [2.24, 2.45) is 0 Å². The average molecular weight is 274 g/mol. The van der Waals surface area contributed by atoms with E-state index in [1.54, 1.807) is 18.3 Å². The van der Waals surface area contributed by atoms with Gasteiger partial charge in [-0.15, -0.1) is 11.3 Å². The summed E-state index contributed by atoms with van der Waals surface area (Å²) in [6, 6.07) is 14.6. The first-order valence-corrected chi connectivity index (χ1v) is 7.51. The molecule has 0 amide bonds. The smallest absolute Gasteiger partial charge is 0.186 e. The number of thiophene rings is 1. The molecule has 0 aliphatic carbocycles. The second kappa shape index (κ2) is 6.57. The first kappa shape index (κ1) is 13.1. The van der Waals surface area contributed by atoms with E-state index in [-0.39, 0.29) is 5.12 Å². The lowest BCUT2D eigenvalue weighted by Gasteiger charge is -1.94. The molecule has 0 aliphatic heterocycles. The van der Waals surface area contributed by atoms with Crippen LogP contribution in [0.1, 0.15) is 11.8 Å². The number of carbonyl (C=O) groups excluding carboxylic acids is 1. The summed E-state index contributed by atoms with van der Waals surface area (Å²) in [5.41, 5.74) is 1.25. The van der Waals surface area contributed by atoms with Gasteiger partial charge in [0.1, 0.15) is 0 Å². The normalized spacial score (nSPS) is 10.9. The quantitative estimate of drug-likeness (QED) is 0.803. The first-order valence-electron chi connectivity index (χ1n) is 5.71. The average Bonchev–Trinajstić information content (AvgIpc) is 2.84. The summed E-state index contributed by atoms with van der Waals surface area (Å²) in [5, 5.41) is 0.163. The van der Waals surface area contributed by atoms with Gasteiger partial charge >= 0.3 is 0 Å². The highest BCUT2D eigenvalue weighted by atomic mass is 32.2. The minimum absolute atomic E-state index is 0.163. The van der Waals surface area contributed by atoms with Crippen LogP contribution in [0, 0.1) is 0 Å². The molecule has 0 saturated carbocycles. The number of carbonyl (C=O) groups is 1. The van der Waals surface area contributed by atoms with Crippen LogP contribution < -0.4 is 0 Å². The van der Waals surface area contributed by atoms with E-state index in [4.69, 9.17) is 0 Å². The predicted octanol–water partition coefficient (Wildman–Crippen LogP) is 4.71. The van der Waals surface area contributed by atoms with Crippen LogP contribution in [0.2, 0.25) is 0 Å². The molecule has 18 heavy (non-hydrogen) atoms. The third kappa shape index (κ3) is 3.86. The van der Waals surface area contributed by atoms with Crippen molar-refractivity contribution in [2.75, 3.05) is 5.75 Å². The molecule has 1 aromatic carbocycles. The highest BCUT2D eigenvalue weighted by molar-refractivity contribution is 8.13. The molecule has 0 fully saturated rings. The SMILES string of the molecule is CC(=O)SCC=Cc1ccc(-c2ccccc2)s1. The van der Waals surface area contributed by atoms with Crippen molar-refractivity contribution in [1.29, 1.82) is 0 Å². The maximum atomic E-state index is 10.8. The molecule has 0 saturated heterocycles. The van der Waals surface area contributed by atoms with E-state index in [2.05, 4.69) is 30.3 Å². The predicted molar refractivity (Wildman–Crippen MR) is 81.9 cm³/mol. The zero-order chi connectivity index (χ0) is 12.8. The molecule has 0 unspecified atom stereocenters. The molecule has 0 N–H and O–H groups in total. The van der Waals surface area contributed by atoms with Gasteiger partial charge in [-0.3, -0.25) is 4.79 Å². The maximum absolute atomic E-state index is 10.8. The van der Waals surface area contributed by atoms with Gasteiger partial charge in [0.2, 0.25) is 0 Å². The molecule has 1 aromatic heterocycles. The number of hydrogen-bond acceptors (Lipinski definition) is 3. The molecule has 0 atom stereocenters. The van der Waals surface area contributed by atoms with Gasteiger partial charge in [0.25, 0.3) is 0 Å². The fourth-order valence-corrected chi connectivity index (χ4v) is 2.90. The van der Waals surface area contributed by atoms with Crippen LogP contribution in [-0.2, 0) is 4.79 Å². The Labute approximate surface area is 116 Å². The minimum atomic E-state index is 0.163. The van der Waals surface area contributed by atoms with Crippen molar-refractivity contribution in [3.8, 4) is 10.4 Å². The van der Waals surface area contributed by atoms with Gasteiger partial charge in [0.05, 0.1) is 0 Å². The standard InChI is InChI=1S/C15H14OS2/c1-12(16)17-11-5-8-14-9-10-15(18-14)13-6-3-2-4-7-13/h2-10H,11H2,1H3. The Morgan fingerprint density at radius 2 is 2.00 bits per heavy atom. The van der Waals surface area contributed by atoms with Crippen LogP contribution in [0.3, 0.4) is 0 Å². The highest BCUT2D eigenvalue weighted by Crippen LogP contribution is 2.28. The Bertz CT molecular complexity index is 541. The highest BCUT2D eigenvalue weighted by Gasteiger charge is 1.99. The summed E-state index contributed by atoms with van der Waals surface area (Å²) in [6.45, 7) is 1.59. The van der Waals surface area contributed by atoms with E-state index in [1.807, 2.05) is 24.3 Å². The number of rotatable bonds is 4. The Morgan fingerprint density at radius 1 is 1.22 bits per heavy atom.